The molecule has 2 aliphatic rings. The van der Waals surface area contributed by atoms with Crippen LogP contribution in [0.5, 0.6) is 0 Å². The molecule has 0 amide bonds. The molecule has 2 rings (SSSR count). The average molecular weight is 269 g/mol. The van der Waals surface area contributed by atoms with Crippen molar-refractivity contribution in [3.8, 4) is 0 Å². The Morgan fingerprint density at radius 1 is 1.37 bits per heavy atom. The van der Waals surface area contributed by atoms with E-state index in [2.05, 4.69) is 37.6 Å². The van der Waals surface area contributed by atoms with Gasteiger partial charge in [0.15, 0.2) is 0 Å². The number of ether oxygens (including phenoxy) is 1. The number of likely N-dealkylation sites (N-methyl/N-ethyl adjacent to an activating group) is 1. The summed E-state index contributed by atoms with van der Waals surface area (Å²) in [6.07, 6.45) is 3.22. The van der Waals surface area contributed by atoms with E-state index in [1.807, 2.05) is 0 Å². The van der Waals surface area contributed by atoms with Crippen molar-refractivity contribution in [3.63, 3.8) is 0 Å². The van der Waals surface area contributed by atoms with Gasteiger partial charge in [0.1, 0.15) is 0 Å². The van der Waals surface area contributed by atoms with Crippen LogP contribution >= 0.6 is 0 Å². The summed E-state index contributed by atoms with van der Waals surface area (Å²) in [6, 6.07) is 0.618. The van der Waals surface area contributed by atoms with Crippen molar-refractivity contribution in [2.24, 2.45) is 5.73 Å². The second kappa shape index (κ2) is 5.68. The van der Waals surface area contributed by atoms with Crippen LogP contribution in [-0.4, -0.2) is 66.8 Å². The fourth-order valence-corrected chi connectivity index (χ4v) is 3.60. The largest absolute Gasteiger partial charge is 0.375 e. The molecule has 0 radical (unpaired) electrons. The van der Waals surface area contributed by atoms with E-state index in [1.54, 1.807) is 0 Å². The fraction of sp³-hybridized carbons (Fsp3) is 1.00. The van der Waals surface area contributed by atoms with Crippen LogP contribution in [0.3, 0.4) is 0 Å². The van der Waals surface area contributed by atoms with Crippen LogP contribution in [0.15, 0.2) is 0 Å². The molecule has 112 valence electrons. The number of hydrogen-bond acceptors (Lipinski definition) is 4. The summed E-state index contributed by atoms with van der Waals surface area (Å²) >= 11 is 0. The van der Waals surface area contributed by atoms with E-state index in [-0.39, 0.29) is 11.1 Å². The Hall–Kier alpha value is -0.160. The zero-order valence-electron chi connectivity index (χ0n) is 13.1. The first kappa shape index (κ1) is 15.2. The van der Waals surface area contributed by atoms with Crippen molar-refractivity contribution >= 4 is 0 Å². The number of hydrogen-bond donors (Lipinski definition) is 1. The molecule has 4 nitrogen and oxygen atoms in total. The van der Waals surface area contributed by atoms with Gasteiger partial charge in [0.05, 0.1) is 5.60 Å². The van der Waals surface area contributed by atoms with Crippen LogP contribution in [-0.2, 0) is 4.74 Å². The van der Waals surface area contributed by atoms with Gasteiger partial charge in [-0.15, -0.1) is 0 Å². The zero-order chi connectivity index (χ0) is 14.1. The van der Waals surface area contributed by atoms with Crippen molar-refractivity contribution in [2.45, 2.75) is 57.2 Å². The molecule has 3 atom stereocenters. The Balaban J connectivity index is 2.13. The summed E-state index contributed by atoms with van der Waals surface area (Å²) in [5.41, 5.74) is 6.37. The van der Waals surface area contributed by atoms with Crippen LogP contribution in [0, 0.1) is 0 Å². The van der Waals surface area contributed by atoms with Crippen molar-refractivity contribution < 1.29 is 4.74 Å². The van der Waals surface area contributed by atoms with Crippen LogP contribution in [0.1, 0.15) is 40.0 Å². The standard InChI is InChI=1S/C15H31N3O/c1-5-14(3)11-15(12-16,6-9-19-14)18-8-7-17(4)13(2)10-18/h13H,5-12,16H2,1-4H3. The predicted octanol–water partition coefficient (Wildman–Crippen LogP) is 1.30. The summed E-state index contributed by atoms with van der Waals surface area (Å²) in [7, 11) is 2.22. The molecule has 0 aromatic carbocycles. The SMILES string of the molecule is CCC1(C)CC(CN)(N2CCN(C)C(C)C2)CCO1. The topological polar surface area (TPSA) is 41.7 Å². The minimum absolute atomic E-state index is 0.00417. The van der Waals surface area contributed by atoms with Crippen molar-refractivity contribution in [3.05, 3.63) is 0 Å². The van der Waals surface area contributed by atoms with Gasteiger partial charge in [-0.3, -0.25) is 4.90 Å². The van der Waals surface area contributed by atoms with Gasteiger partial charge >= 0.3 is 0 Å². The first-order valence-corrected chi connectivity index (χ1v) is 7.74. The highest BCUT2D eigenvalue weighted by Crippen LogP contribution is 2.38. The summed E-state index contributed by atoms with van der Waals surface area (Å²) in [4.78, 5) is 5.09. The van der Waals surface area contributed by atoms with E-state index in [9.17, 15) is 0 Å². The molecule has 3 unspecified atom stereocenters. The molecule has 0 spiro atoms. The second-order valence-corrected chi connectivity index (χ2v) is 6.78. The molecule has 19 heavy (non-hydrogen) atoms. The Morgan fingerprint density at radius 2 is 2.11 bits per heavy atom. The quantitative estimate of drug-likeness (QED) is 0.838. The first-order chi connectivity index (χ1) is 8.95. The highest BCUT2D eigenvalue weighted by Gasteiger charge is 2.46. The summed E-state index contributed by atoms with van der Waals surface area (Å²) in [5, 5.41) is 0. The van der Waals surface area contributed by atoms with E-state index >= 15 is 0 Å². The molecule has 2 fully saturated rings. The van der Waals surface area contributed by atoms with Gasteiger partial charge in [0.25, 0.3) is 0 Å². The molecule has 0 saturated carbocycles. The Kier molecular flexibility index (Phi) is 4.56. The summed E-state index contributed by atoms with van der Waals surface area (Å²) < 4.78 is 6.02. The lowest BCUT2D eigenvalue weighted by Crippen LogP contribution is -2.66. The zero-order valence-corrected chi connectivity index (χ0v) is 13.1. The molecule has 2 N–H and O–H groups in total. The normalized spacial score (nSPS) is 42.5. The van der Waals surface area contributed by atoms with Gasteiger partial charge in [-0.1, -0.05) is 6.92 Å². The third-order valence-corrected chi connectivity index (χ3v) is 5.48. The predicted molar refractivity (Wildman–Crippen MR) is 79.3 cm³/mol. The highest BCUT2D eigenvalue weighted by atomic mass is 16.5. The molecule has 2 aliphatic heterocycles. The Morgan fingerprint density at radius 3 is 2.68 bits per heavy atom. The molecule has 4 heteroatoms. The molecular formula is C15H31N3O. The maximum atomic E-state index is 6.21. The van der Waals surface area contributed by atoms with Gasteiger partial charge in [0, 0.05) is 44.4 Å². The molecule has 0 bridgehead atoms. The first-order valence-electron chi connectivity index (χ1n) is 7.74. The fourth-order valence-electron chi connectivity index (χ4n) is 3.60. The van der Waals surface area contributed by atoms with Gasteiger partial charge < -0.3 is 15.4 Å². The van der Waals surface area contributed by atoms with Crippen molar-refractivity contribution in [2.75, 3.05) is 39.8 Å². The Bertz CT molecular complexity index is 312. The van der Waals surface area contributed by atoms with Crippen LogP contribution in [0.2, 0.25) is 0 Å². The minimum atomic E-state index is 0.00417. The van der Waals surface area contributed by atoms with Crippen LogP contribution in [0.25, 0.3) is 0 Å². The smallest absolute Gasteiger partial charge is 0.0670 e. The van der Waals surface area contributed by atoms with Gasteiger partial charge in [-0.25, -0.2) is 0 Å². The van der Waals surface area contributed by atoms with Crippen molar-refractivity contribution in [1.29, 1.82) is 0 Å². The molecular weight excluding hydrogens is 238 g/mol. The molecule has 0 aromatic heterocycles. The van der Waals surface area contributed by atoms with Gasteiger partial charge in [0.2, 0.25) is 0 Å². The van der Waals surface area contributed by atoms with E-state index in [0.29, 0.717) is 6.04 Å². The third-order valence-electron chi connectivity index (χ3n) is 5.48. The lowest BCUT2D eigenvalue weighted by atomic mass is 9.77. The number of rotatable bonds is 3. The molecule has 2 saturated heterocycles. The summed E-state index contributed by atoms with van der Waals surface area (Å²) in [6.45, 7) is 11.8. The van der Waals surface area contributed by atoms with E-state index < -0.39 is 0 Å². The summed E-state index contributed by atoms with van der Waals surface area (Å²) in [5.74, 6) is 0. The van der Waals surface area contributed by atoms with E-state index in [1.165, 1.54) is 0 Å². The van der Waals surface area contributed by atoms with E-state index in [0.717, 1.165) is 52.0 Å². The third kappa shape index (κ3) is 2.97. The van der Waals surface area contributed by atoms with Crippen molar-refractivity contribution in [1.82, 2.24) is 9.80 Å². The second-order valence-electron chi connectivity index (χ2n) is 6.78. The lowest BCUT2D eigenvalue weighted by Gasteiger charge is -2.54. The van der Waals surface area contributed by atoms with Gasteiger partial charge in [-0.05, 0) is 40.2 Å². The monoisotopic (exact) mass is 269 g/mol. The lowest BCUT2D eigenvalue weighted by molar-refractivity contribution is -0.137. The maximum absolute atomic E-state index is 6.21. The number of piperazine rings is 1. The average Bonchev–Trinajstić information content (AvgIpc) is 2.42. The maximum Gasteiger partial charge on any atom is 0.0670 e. The minimum Gasteiger partial charge on any atom is -0.375 e. The molecule has 2 heterocycles. The Labute approximate surface area is 118 Å². The number of nitrogens with zero attached hydrogens (tertiary/aromatic N) is 2. The van der Waals surface area contributed by atoms with Crippen LogP contribution < -0.4 is 5.73 Å². The van der Waals surface area contributed by atoms with Gasteiger partial charge in [-0.2, -0.15) is 0 Å². The molecule has 0 aromatic rings. The van der Waals surface area contributed by atoms with E-state index in [4.69, 9.17) is 10.5 Å². The number of nitrogens with two attached hydrogens (primary N) is 1. The molecule has 0 aliphatic carbocycles. The van der Waals surface area contributed by atoms with Crippen LogP contribution in [0.4, 0.5) is 0 Å². The highest BCUT2D eigenvalue weighted by molar-refractivity contribution is 5.02.